The third-order valence-electron chi connectivity index (χ3n) is 18.3. The zero-order valence-electron chi connectivity index (χ0n) is 28.0. The molecule has 0 amide bonds. The van der Waals surface area contributed by atoms with Crippen molar-refractivity contribution in [3.8, 4) is 0 Å². The van der Waals surface area contributed by atoms with Gasteiger partial charge < -0.3 is 24.7 Å². The Morgan fingerprint density at radius 1 is 0.688 bits per heavy atom. The molecule has 12 saturated carbocycles. The number of Topliss-reactive ketones (excluding diaryl/α,β-unsaturated/α-hetero) is 2. The normalized spacial score (nSPS) is 61.1. The van der Waals surface area contributed by atoms with Crippen molar-refractivity contribution in [2.75, 3.05) is 26.4 Å². The standard InChI is InChI=1S/C39H49NO8/c40-35-5-20-1-26(12-35)39(27(2-20)13-35)47-18-33(19-48-39,16-45-31(43)34-6-22-7-36(15-34)24(11-34)4-28(36)30(22)42)17-46-32(44)38-10-23-9-37(38)8-21(29(23)41)3-25(37)14-38/h20-28H,1-19,40H2. The Labute approximate surface area is 281 Å². The molecule has 1 aliphatic heterocycles. The molecule has 258 valence electrons. The van der Waals surface area contributed by atoms with E-state index in [2.05, 4.69) is 0 Å². The molecule has 1 saturated heterocycles. The Balaban J connectivity index is 0.807. The number of fused-ring (bicyclic) bond motifs is 4. The van der Waals surface area contributed by atoms with Crippen LogP contribution < -0.4 is 5.73 Å². The van der Waals surface area contributed by atoms with E-state index < -0.39 is 22.0 Å². The van der Waals surface area contributed by atoms with E-state index in [1.807, 2.05) is 0 Å². The van der Waals surface area contributed by atoms with Gasteiger partial charge in [-0.05, 0) is 125 Å². The van der Waals surface area contributed by atoms with Gasteiger partial charge in [0.15, 0.2) is 5.79 Å². The molecule has 2 N–H and O–H groups in total. The molecule has 12 unspecified atom stereocenters. The van der Waals surface area contributed by atoms with Crippen LogP contribution in [0.15, 0.2) is 0 Å². The Morgan fingerprint density at radius 3 is 2.15 bits per heavy atom. The lowest BCUT2D eigenvalue weighted by Gasteiger charge is -2.65. The largest absolute Gasteiger partial charge is 0.464 e. The first kappa shape index (κ1) is 28.8. The summed E-state index contributed by atoms with van der Waals surface area (Å²) in [6.07, 6.45) is 13.3. The van der Waals surface area contributed by atoms with E-state index in [4.69, 9.17) is 24.7 Å². The van der Waals surface area contributed by atoms with E-state index >= 15 is 0 Å². The quantitative estimate of drug-likeness (QED) is 0.418. The third kappa shape index (κ3) is 3.09. The van der Waals surface area contributed by atoms with Gasteiger partial charge in [0.05, 0.1) is 29.5 Å². The second-order valence-corrected chi connectivity index (χ2v) is 20.3. The fourth-order valence-corrected chi connectivity index (χ4v) is 16.7. The zero-order valence-corrected chi connectivity index (χ0v) is 28.0. The van der Waals surface area contributed by atoms with Gasteiger partial charge in [-0.15, -0.1) is 0 Å². The highest BCUT2D eigenvalue weighted by Crippen LogP contribution is 2.81. The van der Waals surface area contributed by atoms with E-state index in [1.54, 1.807) is 0 Å². The Kier molecular flexibility index (Phi) is 5.07. The summed E-state index contributed by atoms with van der Waals surface area (Å²) in [5, 5.41) is 0. The first-order valence-electron chi connectivity index (χ1n) is 19.4. The fraction of sp³-hybridized carbons (Fsp3) is 0.897. The van der Waals surface area contributed by atoms with Crippen molar-refractivity contribution < 1.29 is 38.1 Å². The summed E-state index contributed by atoms with van der Waals surface area (Å²) in [7, 11) is 0. The van der Waals surface area contributed by atoms with Crippen LogP contribution in [0.4, 0.5) is 0 Å². The van der Waals surface area contributed by atoms with Gasteiger partial charge in [0.25, 0.3) is 0 Å². The third-order valence-corrected chi connectivity index (χ3v) is 18.3. The number of hydrogen-bond donors (Lipinski definition) is 1. The lowest BCUT2D eigenvalue weighted by atomic mass is 9.46. The first-order valence-corrected chi connectivity index (χ1v) is 19.4. The van der Waals surface area contributed by atoms with Crippen LogP contribution in [-0.2, 0) is 38.1 Å². The van der Waals surface area contributed by atoms with Crippen molar-refractivity contribution in [1.29, 1.82) is 0 Å². The van der Waals surface area contributed by atoms with Crippen molar-refractivity contribution in [3.05, 3.63) is 0 Å². The minimum atomic E-state index is -0.816. The van der Waals surface area contributed by atoms with Gasteiger partial charge in [0, 0.05) is 41.0 Å². The Bertz CT molecular complexity index is 1580. The Morgan fingerprint density at radius 2 is 1.40 bits per heavy atom. The molecule has 12 atom stereocenters. The SMILES string of the molecule is NC12CC3CC(C1)C1(OCC(COC(=O)C45CC6CC7(C4)C(CC7C6=O)C5)(COC(=O)C45CC6CC47CC(CC7C5)C6=O)CO1)C(C3)C2. The Hall–Kier alpha value is -1.84. The van der Waals surface area contributed by atoms with Crippen LogP contribution in [0.2, 0.25) is 0 Å². The molecular weight excluding hydrogens is 610 g/mol. The van der Waals surface area contributed by atoms with Gasteiger partial charge >= 0.3 is 11.9 Å². The van der Waals surface area contributed by atoms with Crippen molar-refractivity contribution in [2.45, 2.75) is 108 Å². The maximum absolute atomic E-state index is 14.2. The highest BCUT2D eigenvalue weighted by molar-refractivity contribution is 5.92. The van der Waals surface area contributed by atoms with Crippen LogP contribution in [0.3, 0.4) is 0 Å². The number of carbonyl (C=O) groups excluding carboxylic acids is 4. The summed E-state index contributed by atoms with van der Waals surface area (Å²) in [6, 6.07) is 0. The van der Waals surface area contributed by atoms with Crippen LogP contribution in [0.1, 0.15) is 96.3 Å². The van der Waals surface area contributed by atoms with Crippen LogP contribution in [0, 0.1) is 80.3 Å². The molecule has 48 heavy (non-hydrogen) atoms. The van der Waals surface area contributed by atoms with Crippen molar-refractivity contribution in [3.63, 3.8) is 0 Å². The molecule has 1 heterocycles. The molecule has 0 aromatic heterocycles. The number of hydrogen-bond acceptors (Lipinski definition) is 9. The minimum absolute atomic E-state index is 0.000349. The molecule has 9 heteroatoms. The highest BCUT2D eigenvalue weighted by atomic mass is 16.7. The average Bonchev–Trinajstić information content (AvgIpc) is 3.58. The van der Waals surface area contributed by atoms with E-state index in [0.29, 0.717) is 55.4 Å². The van der Waals surface area contributed by atoms with Crippen LogP contribution >= 0.6 is 0 Å². The molecule has 10 bridgehead atoms. The smallest absolute Gasteiger partial charge is 0.312 e. The average molecular weight is 660 g/mol. The number of rotatable bonds is 6. The van der Waals surface area contributed by atoms with Gasteiger partial charge in [0.1, 0.15) is 24.8 Å². The molecule has 0 aromatic carbocycles. The summed E-state index contributed by atoms with van der Waals surface area (Å²) < 4.78 is 26.5. The summed E-state index contributed by atoms with van der Waals surface area (Å²) in [6.45, 7) is 0.742. The predicted molar refractivity (Wildman–Crippen MR) is 166 cm³/mol. The summed E-state index contributed by atoms with van der Waals surface area (Å²) in [4.78, 5) is 54.5. The molecule has 12 aliphatic carbocycles. The predicted octanol–water partition coefficient (Wildman–Crippen LogP) is 4.13. The number of ketones is 2. The lowest BCUT2D eigenvalue weighted by molar-refractivity contribution is -0.387. The minimum Gasteiger partial charge on any atom is -0.464 e. The number of carbonyl (C=O) groups is 4. The maximum Gasteiger partial charge on any atom is 0.312 e. The number of ether oxygens (including phenoxy) is 4. The number of esters is 2. The molecule has 9 nitrogen and oxygen atoms in total. The van der Waals surface area contributed by atoms with E-state index in [1.165, 1.54) is 0 Å². The fourth-order valence-electron chi connectivity index (χ4n) is 16.7. The van der Waals surface area contributed by atoms with Crippen LogP contribution in [0.25, 0.3) is 0 Å². The molecular formula is C39H49NO8. The monoisotopic (exact) mass is 659 g/mol. The van der Waals surface area contributed by atoms with Gasteiger partial charge in [-0.1, -0.05) is 0 Å². The van der Waals surface area contributed by atoms with Crippen LogP contribution in [0.5, 0.6) is 0 Å². The van der Waals surface area contributed by atoms with E-state index in [9.17, 15) is 19.2 Å². The summed E-state index contributed by atoms with van der Waals surface area (Å²) in [5.41, 5.74) is 4.76. The molecule has 13 rings (SSSR count). The highest BCUT2D eigenvalue weighted by Gasteiger charge is 2.80. The van der Waals surface area contributed by atoms with Crippen molar-refractivity contribution in [2.24, 2.45) is 86.1 Å². The topological polar surface area (TPSA) is 131 Å². The molecule has 13 fully saturated rings. The van der Waals surface area contributed by atoms with E-state index in [-0.39, 0.29) is 77.0 Å². The molecule has 13 aliphatic rings. The van der Waals surface area contributed by atoms with Crippen LogP contribution in [-0.4, -0.2) is 61.3 Å². The van der Waals surface area contributed by atoms with Crippen molar-refractivity contribution in [1.82, 2.24) is 0 Å². The summed E-state index contributed by atoms with van der Waals surface area (Å²) >= 11 is 0. The van der Waals surface area contributed by atoms with E-state index in [0.717, 1.165) is 83.5 Å². The molecule has 0 radical (unpaired) electrons. The van der Waals surface area contributed by atoms with Crippen molar-refractivity contribution >= 4 is 23.5 Å². The summed E-state index contributed by atoms with van der Waals surface area (Å²) in [5.74, 6) is 2.11. The molecule has 0 aromatic rings. The zero-order chi connectivity index (χ0) is 32.3. The van der Waals surface area contributed by atoms with Gasteiger partial charge in [-0.25, -0.2) is 0 Å². The first-order chi connectivity index (χ1) is 22.9. The second-order valence-electron chi connectivity index (χ2n) is 20.3. The van der Waals surface area contributed by atoms with Gasteiger partial charge in [-0.2, -0.15) is 0 Å². The maximum atomic E-state index is 14.2. The molecule has 3 spiro atoms. The van der Waals surface area contributed by atoms with Gasteiger partial charge in [0.2, 0.25) is 0 Å². The number of nitrogens with two attached hydrogens (primary N) is 1. The lowest BCUT2D eigenvalue weighted by Crippen LogP contribution is -2.70. The van der Waals surface area contributed by atoms with Gasteiger partial charge in [-0.3, -0.25) is 19.2 Å². The second kappa shape index (κ2) is 8.44.